The number of carbonyl (C=O) groups is 1. The van der Waals surface area contributed by atoms with Gasteiger partial charge in [0.1, 0.15) is 11.2 Å². The maximum absolute atomic E-state index is 12.7. The van der Waals surface area contributed by atoms with Crippen molar-refractivity contribution in [1.29, 1.82) is 0 Å². The lowest BCUT2D eigenvalue weighted by Crippen LogP contribution is -2.33. The monoisotopic (exact) mass is 431 g/mol. The van der Waals surface area contributed by atoms with E-state index in [0.29, 0.717) is 17.6 Å². The first-order valence-electron chi connectivity index (χ1n) is 11.1. The molecule has 0 aliphatic heterocycles. The Morgan fingerprint density at radius 2 is 1.75 bits per heavy atom. The van der Waals surface area contributed by atoms with E-state index in [-0.39, 0.29) is 24.0 Å². The van der Waals surface area contributed by atoms with Crippen molar-refractivity contribution in [1.82, 2.24) is 5.32 Å². The molecule has 0 aliphatic carbocycles. The summed E-state index contributed by atoms with van der Waals surface area (Å²) in [5, 5.41) is 4.96. The van der Waals surface area contributed by atoms with Crippen LogP contribution in [0.2, 0.25) is 0 Å². The molecule has 0 spiro atoms. The summed E-state index contributed by atoms with van der Waals surface area (Å²) in [4.78, 5) is 25.2. The van der Waals surface area contributed by atoms with E-state index < -0.39 is 0 Å². The van der Waals surface area contributed by atoms with Gasteiger partial charge in [-0.3, -0.25) is 4.79 Å². The van der Waals surface area contributed by atoms with Crippen LogP contribution in [0.15, 0.2) is 56.3 Å². The van der Waals surface area contributed by atoms with E-state index in [1.807, 2.05) is 52.0 Å². The molecule has 5 nitrogen and oxygen atoms in total. The van der Waals surface area contributed by atoms with Crippen LogP contribution < -0.4 is 10.9 Å². The molecule has 1 unspecified atom stereocenters. The zero-order valence-electron chi connectivity index (χ0n) is 19.1. The topological polar surface area (TPSA) is 72.5 Å². The molecular weight excluding hydrogens is 402 g/mol. The lowest BCUT2D eigenvalue weighted by molar-refractivity contribution is -0.121. The second-order valence-electron chi connectivity index (χ2n) is 8.66. The molecule has 1 atom stereocenters. The van der Waals surface area contributed by atoms with Crippen molar-refractivity contribution < 1.29 is 13.6 Å². The van der Waals surface area contributed by atoms with Gasteiger partial charge in [0.25, 0.3) is 0 Å². The van der Waals surface area contributed by atoms with Crippen LogP contribution >= 0.6 is 0 Å². The van der Waals surface area contributed by atoms with Crippen molar-refractivity contribution in [2.75, 3.05) is 0 Å². The maximum atomic E-state index is 12.7. The van der Waals surface area contributed by atoms with Gasteiger partial charge in [-0.25, -0.2) is 4.79 Å². The van der Waals surface area contributed by atoms with Crippen molar-refractivity contribution in [3.8, 4) is 0 Å². The highest BCUT2D eigenvalue weighted by molar-refractivity contribution is 5.99. The molecule has 0 radical (unpaired) electrons. The molecule has 32 heavy (non-hydrogen) atoms. The summed E-state index contributed by atoms with van der Waals surface area (Å²) in [5.41, 5.74) is 5.46. The third kappa shape index (κ3) is 4.33. The van der Waals surface area contributed by atoms with Crippen molar-refractivity contribution >= 4 is 27.8 Å². The van der Waals surface area contributed by atoms with Crippen LogP contribution in [0.25, 0.3) is 21.9 Å². The van der Waals surface area contributed by atoms with Crippen LogP contribution in [0, 0.1) is 20.8 Å². The molecular formula is C27H29NO4. The maximum Gasteiger partial charge on any atom is 0.339 e. The second kappa shape index (κ2) is 9.03. The highest BCUT2D eigenvalue weighted by atomic mass is 16.4. The van der Waals surface area contributed by atoms with Crippen LogP contribution in [-0.4, -0.2) is 11.9 Å². The molecule has 0 aliphatic rings. The Labute approximate surface area is 187 Å². The summed E-state index contributed by atoms with van der Waals surface area (Å²) < 4.78 is 11.3. The van der Waals surface area contributed by atoms with Gasteiger partial charge in [-0.05, 0) is 69.7 Å². The average Bonchev–Trinajstić information content (AvgIpc) is 3.15. The molecule has 2 aromatic carbocycles. The number of furan rings is 1. The predicted octanol–water partition coefficient (Wildman–Crippen LogP) is 5.53. The summed E-state index contributed by atoms with van der Waals surface area (Å²) >= 11 is 0. The number of aryl methyl sites for hydroxylation is 4. The average molecular weight is 432 g/mol. The molecule has 4 rings (SSSR count). The van der Waals surface area contributed by atoms with Gasteiger partial charge < -0.3 is 14.2 Å². The SMILES string of the molecule is Cc1coc2c(C)c3oc(=O)c(CCC(=O)NC(C)CCc4ccccc4)c(C)c3cc12. The molecule has 5 heteroatoms. The van der Waals surface area contributed by atoms with Gasteiger partial charge in [0.2, 0.25) is 5.91 Å². The van der Waals surface area contributed by atoms with E-state index >= 15 is 0 Å². The lowest BCUT2D eigenvalue weighted by Gasteiger charge is -2.14. The summed E-state index contributed by atoms with van der Waals surface area (Å²) in [6.07, 6.45) is 4.10. The Kier molecular flexibility index (Phi) is 6.17. The van der Waals surface area contributed by atoms with E-state index in [2.05, 4.69) is 17.4 Å². The zero-order valence-corrected chi connectivity index (χ0v) is 19.1. The van der Waals surface area contributed by atoms with Crippen LogP contribution in [0.3, 0.4) is 0 Å². The Morgan fingerprint density at radius 1 is 1.00 bits per heavy atom. The van der Waals surface area contributed by atoms with Gasteiger partial charge in [0, 0.05) is 34.4 Å². The fourth-order valence-corrected chi connectivity index (χ4v) is 4.29. The van der Waals surface area contributed by atoms with Gasteiger partial charge in [-0.15, -0.1) is 0 Å². The smallest absolute Gasteiger partial charge is 0.339 e. The number of hydrogen-bond donors (Lipinski definition) is 1. The molecule has 0 saturated carbocycles. The number of nitrogens with one attached hydrogen (secondary N) is 1. The first-order valence-corrected chi connectivity index (χ1v) is 11.1. The van der Waals surface area contributed by atoms with Gasteiger partial charge in [-0.2, -0.15) is 0 Å². The van der Waals surface area contributed by atoms with E-state index in [1.54, 1.807) is 6.26 Å². The minimum Gasteiger partial charge on any atom is -0.464 e. The van der Waals surface area contributed by atoms with Crippen LogP contribution in [-0.2, 0) is 17.6 Å². The molecule has 1 amide bonds. The summed E-state index contributed by atoms with van der Waals surface area (Å²) in [7, 11) is 0. The first-order chi connectivity index (χ1) is 15.3. The van der Waals surface area contributed by atoms with E-state index in [4.69, 9.17) is 8.83 Å². The Balaban J connectivity index is 1.46. The van der Waals surface area contributed by atoms with Crippen LogP contribution in [0.5, 0.6) is 0 Å². The van der Waals surface area contributed by atoms with Gasteiger partial charge >= 0.3 is 5.63 Å². The third-order valence-electron chi connectivity index (χ3n) is 6.25. The number of benzene rings is 2. The first kappa shape index (κ1) is 21.9. The zero-order chi connectivity index (χ0) is 22.8. The molecule has 2 heterocycles. The van der Waals surface area contributed by atoms with Gasteiger partial charge in [0.05, 0.1) is 6.26 Å². The van der Waals surface area contributed by atoms with Crippen molar-refractivity contribution in [3.05, 3.63) is 80.9 Å². The van der Waals surface area contributed by atoms with Crippen LogP contribution in [0.1, 0.15) is 47.6 Å². The summed E-state index contributed by atoms with van der Waals surface area (Å²) in [6.45, 7) is 7.84. The van der Waals surface area contributed by atoms with Gasteiger partial charge in [-0.1, -0.05) is 30.3 Å². The van der Waals surface area contributed by atoms with Gasteiger partial charge in [0.15, 0.2) is 0 Å². The van der Waals surface area contributed by atoms with E-state index in [1.165, 1.54) is 5.56 Å². The molecule has 0 saturated heterocycles. The summed E-state index contributed by atoms with van der Waals surface area (Å²) in [6, 6.07) is 12.3. The van der Waals surface area contributed by atoms with E-state index in [0.717, 1.165) is 45.9 Å². The quantitative estimate of drug-likeness (QED) is 0.390. The number of hydrogen-bond acceptors (Lipinski definition) is 4. The standard InChI is InChI=1S/C27H29NO4/c1-16-15-31-25-19(4)26-23(14-22(16)25)18(3)21(27(30)32-26)12-13-24(29)28-17(2)10-11-20-8-6-5-7-9-20/h5-9,14-15,17H,10-13H2,1-4H3,(H,28,29). The fraction of sp³-hybridized carbons (Fsp3) is 0.333. The molecule has 1 N–H and O–H groups in total. The molecule has 166 valence electrons. The normalized spacial score (nSPS) is 12.4. The highest BCUT2D eigenvalue weighted by Crippen LogP contribution is 2.32. The fourth-order valence-electron chi connectivity index (χ4n) is 4.29. The Hall–Kier alpha value is -3.34. The second-order valence-corrected chi connectivity index (χ2v) is 8.66. The molecule has 0 fully saturated rings. The van der Waals surface area contributed by atoms with E-state index in [9.17, 15) is 9.59 Å². The number of amides is 1. The predicted molar refractivity (Wildman–Crippen MR) is 127 cm³/mol. The minimum absolute atomic E-state index is 0.0539. The van der Waals surface area contributed by atoms with Crippen LogP contribution in [0.4, 0.5) is 0 Å². The molecule has 0 bridgehead atoms. The minimum atomic E-state index is -0.384. The number of fused-ring (bicyclic) bond motifs is 2. The molecule has 4 aromatic rings. The van der Waals surface area contributed by atoms with Crippen molar-refractivity contribution in [3.63, 3.8) is 0 Å². The Morgan fingerprint density at radius 3 is 2.50 bits per heavy atom. The largest absolute Gasteiger partial charge is 0.464 e. The highest BCUT2D eigenvalue weighted by Gasteiger charge is 2.18. The molecule has 2 aromatic heterocycles. The Bertz CT molecular complexity index is 1330. The van der Waals surface area contributed by atoms with Crippen molar-refractivity contribution in [2.45, 2.75) is 59.4 Å². The third-order valence-corrected chi connectivity index (χ3v) is 6.25. The number of carbonyl (C=O) groups excluding carboxylic acids is 1. The number of rotatable bonds is 7. The summed E-state index contributed by atoms with van der Waals surface area (Å²) in [5.74, 6) is -0.0539. The van der Waals surface area contributed by atoms with Crippen molar-refractivity contribution in [2.24, 2.45) is 0 Å². The lowest BCUT2D eigenvalue weighted by atomic mass is 9.98.